The monoisotopic (exact) mass is 414 g/mol. The number of carbonyl (C=O) groups is 2. The third kappa shape index (κ3) is 3.54. The van der Waals surface area contributed by atoms with Gasteiger partial charge in [0, 0.05) is 11.0 Å². The van der Waals surface area contributed by atoms with Gasteiger partial charge >= 0.3 is 11.9 Å². The van der Waals surface area contributed by atoms with Crippen molar-refractivity contribution in [2.45, 2.75) is 32.8 Å². The first-order valence-corrected chi connectivity index (χ1v) is 7.14. The predicted molar refractivity (Wildman–Crippen MR) is 74.6 cm³/mol. The van der Waals surface area contributed by atoms with Gasteiger partial charge in [-0.05, 0) is 44.9 Å². The van der Waals surface area contributed by atoms with Crippen LogP contribution in [0.3, 0.4) is 0 Å². The molecule has 6 heteroatoms. The van der Waals surface area contributed by atoms with Crippen molar-refractivity contribution in [1.82, 2.24) is 0 Å². The number of halogens is 2. The van der Waals surface area contributed by atoms with Gasteiger partial charge in [0.2, 0.25) is 0 Å². The molecule has 1 aliphatic heterocycles. The number of hydrogen-bond acceptors (Lipinski definition) is 4. The number of carbonyl (C=O) groups excluding carboxylic acids is 2. The molecule has 0 aliphatic carbocycles. The smallest absolute Gasteiger partial charge is 0.344 e. The van der Waals surface area contributed by atoms with Gasteiger partial charge in [0.15, 0.2) is 5.76 Å². The molecule has 1 unspecified atom stereocenters. The molecule has 4 nitrogen and oxygen atoms in total. The SMILES string of the molecule is CCCC(OC(C)=O)C1=C(Br)/C(=C/I)OC1=O. The summed E-state index contributed by atoms with van der Waals surface area (Å²) in [6, 6.07) is 0. The van der Waals surface area contributed by atoms with Gasteiger partial charge in [-0.25, -0.2) is 4.79 Å². The van der Waals surface area contributed by atoms with E-state index in [9.17, 15) is 9.59 Å². The highest BCUT2D eigenvalue weighted by atomic mass is 127. The van der Waals surface area contributed by atoms with Crippen LogP contribution in [-0.2, 0) is 19.1 Å². The summed E-state index contributed by atoms with van der Waals surface area (Å²) in [5, 5.41) is 0. The summed E-state index contributed by atoms with van der Waals surface area (Å²) in [7, 11) is 0. The first-order chi connectivity index (χ1) is 8.01. The van der Waals surface area contributed by atoms with E-state index >= 15 is 0 Å². The fourth-order valence-electron chi connectivity index (χ4n) is 1.49. The van der Waals surface area contributed by atoms with Gasteiger partial charge in [-0.3, -0.25) is 4.79 Å². The lowest BCUT2D eigenvalue weighted by Crippen LogP contribution is -2.22. The molecular formula is C11H12BrIO4. The molecule has 0 fully saturated rings. The summed E-state index contributed by atoms with van der Waals surface area (Å²) in [5.41, 5.74) is 0.380. The van der Waals surface area contributed by atoms with Gasteiger partial charge in [-0.15, -0.1) is 0 Å². The van der Waals surface area contributed by atoms with Crippen LogP contribution in [0, 0.1) is 0 Å². The zero-order chi connectivity index (χ0) is 13.0. The molecule has 0 aromatic heterocycles. The lowest BCUT2D eigenvalue weighted by molar-refractivity contribution is -0.146. The van der Waals surface area contributed by atoms with E-state index in [1.807, 2.05) is 29.5 Å². The Morgan fingerprint density at radius 2 is 2.29 bits per heavy atom. The first-order valence-electron chi connectivity index (χ1n) is 5.11. The zero-order valence-corrected chi connectivity index (χ0v) is 13.2. The molecule has 0 radical (unpaired) electrons. The van der Waals surface area contributed by atoms with E-state index in [1.165, 1.54) is 6.92 Å². The summed E-state index contributed by atoms with van der Waals surface area (Å²) < 4.78 is 12.4. The van der Waals surface area contributed by atoms with Crippen LogP contribution >= 0.6 is 38.5 Å². The quantitative estimate of drug-likeness (QED) is 0.523. The molecular weight excluding hydrogens is 403 g/mol. The topological polar surface area (TPSA) is 52.6 Å². The van der Waals surface area contributed by atoms with E-state index in [1.54, 1.807) is 4.08 Å². The summed E-state index contributed by atoms with van der Waals surface area (Å²) >= 11 is 5.29. The van der Waals surface area contributed by atoms with Crippen LogP contribution in [0.4, 0.5) is 0 Å². The minimum absolute atomic E-state index is 0.380. The van der Waals surface area contributed by atoms with Crippen molar-refractivity contribution in [1.29, 1.82) is 0 Å². The second-order valence-corrected chi connectivity index (χ2v) is 4.89. The largest absolute Gasteiger partial charge is 0.457 e. The van der Waals surface area contributed by atoms with Crippen molar-refractivity contribution in [3.63, 3.8) is 0 Å². The van der Waals surface area contributed by atoms with Crippen LogP contribution in [0.2, 0.25) is 0 Å². The molecule has 17 heavy (non-hydrogen) atoms. The highest BCUT2D eigenvalue weighted by Crippen LogP contribution is 2.35. The minimum Gasteiger partial charge on any atom is -0.457 e. The van der Waals surface area contributed by atoms with Gasteiger partial charge < -0.3 is 9.47 Å². The van der Waals surface area contributed by atoms with Crippen molar-refractivity contribution >= 4 is 50.5 Å². The van der Waals surface area contributed by atoms with Crippen LogP contribution in [0.5, 0.6) is 0 Å². The van der Waals surface area contributed by atoms with E-state index in [4.69, 9.17) is 9.47 Å². The van der Waals surface area contributed by atoms with Crippen molar-refractivity contribution in [2.75, 3.05) is 0 Å². The number of cyclic esters (lactones) is 1. The van der Waals surface area contributed by atoms with E-state index in [-0.39, 0.29) is 0 Å². The fraction of sp³-hybridized carbons (Fsp3) is 0.455. The van der Waals surface area contributed by atoms with Gasteiger partial charge in [-0.2, -0.15) is 0 Å². The molecule has 0 bridgehead atoms. The van der Waals surface area contributed by atoms with Gasteiger partial charge in [0.1, 0.15) is 6.10 Å². The molecule has 1 rings (SSSR count). The van der Waals surface area contributed by atoms with E-state index < -0.39 is 18.0 Å². The average molecular weight is 415 g/mol. The Morgan fingerprint density at radius 3 is 2.71 bits per heavy atom. The Balaban J connectivity index is 3.04. The van der Waals surface area contributed by atoms with Crippen LogP contribution in [0.15, 0.2) is 19.9 Å². The number of rotatable bonds is 4. The predicted octanol–water partition coefficient (Wildman–Crippen LogP) is 3.20. The van der Waals surface area contributed by atoms with E-state index in [2.05, 4.69) is 15.9 Å². The lowest BCUT2D eigenvalue weighted by atomic mass is 10.1. The second kappa shape index (κ2) is 6.53. The Labute approximate surface area is 122 Å². The molecule has 0 saturated carbocycles. The van der Waals surface area contributed by atoms with E-state index in [0.717, 1.165) is 6.42 Å². The molecule has 0 amide bonds. The van der Waals surface area contributed by atoms with Crippen molar-refractivity contribution in [2.24, 2.45) is 0 Å². The normalized spacial score (nSPS) is 19.5. The first kappa shape index (κ1) is 14.7. The molecule has 0 spiro atoms. The van der Waals surface area contributed by atoms with Crippen molar-refractivity contribution in [3.05, 3.63) is 19.9 Å². The van der Waals surface area contributed by atoms with Gasteiger partial charge in [0.05, 0.1) is 10.1 Å². The Morgan fingerprint density at radius 1 is 1.65 bits per heavy atom. The maximum atomic E-state index is 11.7. The van der Waals surface area contributed by atoms with Crippen LogP contribution in [0.1, 0.15) is 26.7 Å². The van der Waals surface area contributed by atoms with Gasteiger partial charge in [0.25, 0.3) is 0 Å². The highest BCUT2D eigenvalue weighted by Gasteiger charge is 2.35. The van der Waals surface area contributed by atoms with Gasteiger partial charge in [-0.1, -0.05) is 13.3 Å². The third-order valence-electron chi connectivity index (χ3n) is 2.16. The molecule has 1 heterocycles. The molecule has 0 aromatic rings. The van der Waals surface area contributed by atoms with Crippen LogP contribution < -0.4 is 0 Å². The number of ether oxygens (including phenoxy) is 2. The maximum Gasteiger partial charge on any atom is 0.344 e. The summed E-state index contributed by atoms with van der Waals surface area (Å²) in [6.07, 6.45) is 0.847. The Kier molecular flexibility index (Phi) is 5.64. The fourth-order valence-corrected chi connectivity index (χ4v) is 2.97. The zero-order valence-electron chi connectivity index (χ0n) is 9.46. The van der Waals surface area contributed by atoms with E-state index in [0.29, 0.717) is 22.2 Å². The molecule has 0 saturated heterocycles. The molecule has 0 aromatic carbocycles. The number of esters is 2. The Bertz CT molecular complexity index is 400. The standard InChI is InChI=1S/C11H12BrIO4/c1-3-4-7(16-6(2)14)9-10(12)8(5-13)17-11(9)15/h5,7H,3-4H2,1-2H3/b8-5-. The number of allylic oxidation sites excluding steroid dienone is 1. The maximum absolute atomic E-state index is 11.7. The summed E-state index contributed by atoms with van der Waals surface area (Å²) in [5.74, 6) is -0.408. The van der Waals surface area contributed by atoms with Crippen molar-refractivity contribution in [3.8, 4) is 0 Å². The summed E-state index contributed by atoms with van der Waals surface area (Å²) in [6.45, 7) is 3.28. The molecule has 94 valence electrons. The second-order valence-electron chi connectivity index (χ2n) is 3.48. The number of hydrogen-bond donors (Lipinski definition) is 0. The molecule has 1 atom stereocenters. The summed E-state index contributed by atoms with van der Waals surface area (Å²) in [4.78, 5) is 22.7. The van der Waals surface area contributed by atoms with Crippen LogP contribution in [-0.4, -0.2) is 18.0 Å². The minimum atomic E-state index is -0.548. The Hall–Kier alpha value is -0.370. The lowest BCUT2D eigenvalue weighted by Gasteiger charge is -2.15. The molecule has 0 N–H and O–H groups in total. The van der Waals surface area contributed by atoms with Crippen molar-refractivity contribution < 1.29 is 19.1 Å². The highest BCUT2D eigenvalue weighted by molar-refractivity contribution is 14.1. The molecule has 1 aliphatic rings. The average Bonchev–Trinajstić information content (AvgIpc) is 2.52. The van der Waals surface area contributed by atoms with Crippen LogP contribution in [0.25, 0.3) is 0 Å². The third-order valence-corrected chi connectivity index (χ3v) is 3.54.